The first-order valence-corrected chi connectivity index (χ1v) is 7.35. The highest BCUT2D eigenvalue weighted by Gasteiger charge is 2.07. The Morgan fingerprint density at radius 1 is 1.29 bits per heavy atom. The molecule has 0 saturated heterocycles. The summed E-state index contributed by atoms with van der Waals surface area (Å²) in [7, 11) is 1.68. The minimum absolute atomic E-state index is 0.331. The van der Waals surface area contributed by atoms with E-state index in [1.165, 1.54) is 0 Å². The minimum atomic E-state index is 0.331. The fourth-order valence-electron chi connectivity index (χ4n) is 2.12. The van der Waals surface area contributed by atoms with Gasteiger partial charge in [-0.25, -0.2) is 0 Å². The maximum Gasteiger partial charge on any atom is 0.122 e. The molecule has 2 aromatic carbocycles. The van der Waals surface area contributed by atoms with Crippen molar-refractivity contribution in [2.75, 3.05) is 19.0 Å². The van der Waals surface area contributed by atoms with Gasteiger partial charge >= 0.3 is 0 Å². The van der Waals surface area contributed by atoms with Gasteiger partial charge in [-0.1, -0.05) is 42.0 Å². The normalized spacial score (nSPS) is 10.2. The zero-order chi connectivity index (χ0) is 15.2. The third-order valence-corrected chi connectivity index (χ3v) is 3.60. The van der Waals surface area contributed by atoms with Crippen molar-refractivity contribution >= 4 is 34.5 Å². The molecule has 0 bridgehead atoms. The number of benzene rings is 2. The second kappa shape index (κ2) is 7.29. The summed E-state index contributed by atoms with van der Waals surface area (Å²) >= 11 is 11.0. The zero-order valence-electron chi connectivity index (χ0n) is 11.7. The standard InChI is InChI=1S/C16H17ClN2OS/c1-20-15-5-3-2-4-11(15)8-9-19-14-7-6-12(17)10-13(14)16(18)21/h2-7,10,19H,8-9H2,1H3,(H2,18,21). The first-order valence-electron chi connectivity index (χ1n) is 6.57. The van der Waals surface area contributed by atoms with Gasteiger partial charge < -0.3 is 15.8 Å². The Bertz CT molecular complexity index is 646. The minimum Gasteiger partial charge on any atom is -0.496 e. The van der Waals surface area contributed by atoms with E-state index in [0.717, 1.165) is 35.5 Å². The highest BCUT2D eigenvalue weighted by Crippen LogP contribution is 2.22. The number of halogens is 1. The first-order chi connectivity index (χ1) is 10.1. The lowest BCUT2D eigenvalue weighted by Gasteiger charge is -2.13. The van der Waals surface area contributed by atoms with E-state index in [1.54, 1.807) is 13.2 Å². The van der Waals surface area contributed by atoms with Crippen LogP contribution in [0.4, 0.5) is 5.69 Å². The van der Waals surface area contributed by atoms with Crippen molar-refractivity contribution in [2.45, 2.75) is 6.42 Å². The predicted octanol–water partition coefficient (Wildman–Crippen LogP) is 3.64. The van der Waals surface area contributed by atoms with E-state index >= 15 is 0 Å². The highest BCUT2D eigenvalue weighted by molar-refractivity contribution is 7.80. The van der Waals surface area contributed by atoms with Gasteiger partial charge in [0.1, 0.15) is 10.7 Å². The third-order valence-electron chi connectivity index (χ3n) is 3.15. The van der Waals surface area contributed by atoms with E-state index in [9.17, 15) is 0 Å². The molecule has 0 aliphatic heterocycles. The number of hydrogen-bond donors (Lipinski definition) is 2. The lowest BCUT2D eigenvalue weighted by molar-refractivity contribution is 0.410. The molecule has 0 aliphatic carbocycles. The van der Waals surface area contributed by atoms with Gasteiger partial charge in [-0.05, 0) is 36.2 Å². The molecule has 0 atom stereocenters. The van der Waals surface area contributed by atoms with Gasteiger partial charge in [0.25, 0.3) is 0 Å². The molecule has 0 saturated carbocycles. The second-order valence-corrected chi connectivity index (χ2v) is 5.42. The molecule has 0 amide bonds. The Hall–Kier alpha value is -1.78. The first kappa shape index (κ1) is 15.6. The molecule has 0 spiro atoms. The van der Waals surface area contributed by atoms with Crippen LogP contribution in [0.5, 0.6) is 5.75 Å². The molecule has 21 heavy (non-hydrogen) atoms. The van der Waals surface area contributed by atoms with E-state index in [4.69, 9.17) is 34.3 Å². The van der Waals surface area contributed by atoms with Crippen LogP contribution in [0.3, 0.4) is 0 Å². The van der Waals surface area contributed by atoms with Crippen molar-refractivity contribution in [3.05, 3.63) is 58.6 Å². The van der Waals surface area contributed by atoms with E-state index < -0.39 is 0 Å². The Morgan fingerprint density at radius 3 is 2.76 bits per heavy atom. The maximum absolute atomic E-state index is 5.97. The number of nitrogens with one attached hydrogen (secondary N) is 1. The summed E-state index contributed by atoms with van der Waals surface area (Å²) < 4.78 is 5.34. The monoisotopic (exact) mass is 320 g/mol. The predicted molar refractivity (Wildman–Crippen MR) is 92.5 cm³/mol. The molecule has 3 nitrogen and oxygen atoms in total. The summed E-state index contributed by atoms with van der Waals surface area (Å²) in [5.74, 6) is 0.893. The van der Waals surface area contributed by atoms with Crippen molar-refractivity contribution in [3.8, 4) is 5.75 Å². The lowest BCUT2D eigenvalue weighted by atomic mass is 10.1. The smallest absolute Gasteiger partial charge is 0.122 e. The van der Waals surface area contributed by atoms with Crippen LogP contribution in [0, 0.1) is 0 Å². The van der Waals surface area contributed by atoms with Gasteiger partial charge in [-0.2, -0.15) is 0 Å². The van der Waals surface area contributed by atoms with Gasteiger partial charge in [0.2, 0.25) is 0 Å². The third kappa shape index (κ3) is 4.09. The summed E-state index contributed by atoms with van der Waals surface area (Å²) in [6.45, 7) is 0.748. The molecular formula is C16H17ClN2OS. The van der Waals surface area contributed by atoms with Crippen molar-refractivity contribution in [1.29, 1.82) is 0 Å². The number of hydrogen-bond acceptors (Lipinski definition) is 3. The van der Waals surface area contributed by atoms with E-state index in [0.29, 0.717) is 10.0 Å². The molecule has 0 fully saturated rings. The number of thiocarbonyl (C=S) groups is 1. The molecule has 3 N–H and O–H groups in total. The van der Waals surface area contributed by atoms with Crippen LogP contribution < -0.4 is 15.8 Å². The number of para-hydroxylation sites is 1. The molecule has 0 aromatic heterocycles. The molecule has 2 rings (SSSR count). The van der Waals surface area contributed by atoms with E-state index in [-0.39, 0.29) is 0 Å². The average molecular weight is 321 g/mol. The van der Waals surface area contributed by atoms with Gasteiger partial charge in [0, 0.05) is 22.8 Å². The van der Waals surface area contributed by atoms with Gasteiger partial charge in [-0.15, -0.1) is 0 Å². The van der Waals surface area contributed by atoms with Gasteiger partial charge in [0.15, 0.2) is 0 Å². The summed E-state index contributed by atoms with van der Waals surface area (Å²) in [5, 5.41) is 3.96. The van der Waals surface area contributed by atoms with Gasteiger partial charge in [0.05, 0.1) is 7.11 Å². The summed E-state index contributed by atoms with van der Waals surface area (Å²) in [5.41, 5.74) is 8.53. The van der Waals surface area contributed by atoms with Crippen LogP contribution in [-0.2, 0) is 6.42 Å². The fourth-order valence-corrected chi connectivity index (χ4v) is 2.46. The van der Waals surface area contributed by atoms with Crippen molar-refractivity contribution in [1.82, 2.24) is 0 Å². The number of ether oxygens (including phenoxy) is 1. The SMILES string of the molecule is COc1ccccc1CCNc1ccc(Cl)cc1C(N)=S. The Balaban J connectivity index is 2.05. The van der Waals surface area contributed by atoms with Crippen LogP contribution in [0.25, 0.3) is 0 Å². The van der Waals surface area contributed by atoms with Crippen LogP contribution >= 0.6 is 23.8 Å². The second-order valence-electron chi connectivity index (χ2n) is 4.54. The Labute approximate surface area is 135 Å². The Morgan fingerprint density at radius 2 is 2.05 bits per heavy atom. The van der Waals surface area contributed by atoms with Crippen molar-refractivity contribution in [3.63, 3.8) is 0 Å². The maximum atomic E-state index is 5.97. The number of nitrogens with two attached hydrogens (primary N) is 1. The molecule has 110 valence electrons. The molecule has 5 heteroatoms. The van der Waals surface area contributed by atoms with Crippen LogP contribution in [0.15, 0.2) is 42.5 Å². The fraction of sp³-hybridized carbons (Fsp3) is 0.188. The molecule has 0 unspecified atom stereocenters. The largest absolute Gasteiger partial charge is 0.496 e. The zero-order valence-corrected chi connectivity index (χ0v) is 13.3. The quantitative estimate of drug-likeness (QED) is 0.798. The number of methoxy groups -OCH3 is 1. The van der Waals surface area contributed by atoms with Crippen molar-refractivity contribution < 1.29 is 4.74 Å². The topological polar surface area (TPSA) is 47.3 Å². The average Bonchev–Trinajstić information content (AvgIpc) is 2.49. The Kier molecular flexibility index (Phi) is 5.42. The van der Waals surface area contributed by atoms with E-state index in [1.807, 2.05) is 30.3 Å². The molecule has 0 radical (unpaired) electrons. The number of rotatable bonds is 6. The van der Waals surface area contributed by atoms with E-state index in [2.05, 4.69) is 11.4 Å². The van der Waals surface area contributed by atoms with Crippen LogP contribution in [0.2, 0.25) is 5.02 Å². The van der Waals surface area contributed by atoms with Crippen molar-refractivity contribution in [2.24, 2.45) is 5.73 Å². The summed E-state index contributed by atoms with van der Waals surface area (Å²) in [6.07, 6.45) is 0.837. The number of anilines is 1. The molecular weight excluding hydrogens is 304 g/mol. The van der Waals surface area contributed by atoms with Crippen LogP contribution in [-0.4, -0.2) is 18.6 Å². The summed E-state index contributed by atoms with van der Waals surface area (Å²) in [6, 6.07) is 13.4. The highest BCUT2D eigenvalue weighted by atomic mass is 35.5. The molecule has 0 heterocycles. The summed E-state index contributed by atoms with van der Waals surface area (Å²) in [4.78, 5) is 0.331. The molecule has 2 aromatic rings. The van der Waals surface area contributed by atoms with Crippen LogP contribution in [0.1, 0.15) is 11.1 Å². The molecule has 0 aliphatic rings. The van der Waals surface area contributed by atoms with Gasteiger partial charge in [-0.3, -0.25) is 0 Å². The lowest BCUT2D eigenvalue weighted by Crippen LogP contribution is -2.14.